The van der Waals surface area contributed by atoms with Crippen molar-refractivity contribution in [2.75, 3.05) is 44.1 Å². The zero-order valence-electron chi connectivity index (χ0n) is 16.8. The first-order valence-corrected chi connectivity index (χ1v) is 12.2. The number of nitrogens with zero attached hydrogens (tertiary/aromatic N) is 3. The summed E-state index contributed by atoms with van der Waals surface area (Å²) in [6.07, 6.45) is 2.57. The van der Waals surface area contributed by atoms with Gasteiger partial charge < -0.3 is 4.90 Å². The van der Waals surface area contributed by atoms with Gasteiger partial charge in [0.2, 0.25) is 5.91 Å². The average Bonchev–Trinajstić information content (AvgIpc) is 3.11. The van der Waals surface area contributed by atoms with Crippen LogP contribution in [-0.2, 0) is 4.79 Å². The molecule has 156 valence electrons. The van der Waals surface area contributed by atoms with Crippen LogP contribution in [0.5, 0.6) is 0 Å². The van der Waals surface area contributed by atoms with Crippen LogP contribution in [-0.4, -0.2) is 55.0 Å². The van der Waals surface area contributed by atoms with E-state index >= 15 is 0 Å². The molecule has 1 heterocycles. The molecule has 0 aliphatic rings. The molecule has 4 nitrogen and oxygen atoms in total. The fourth-order valence-electron chi connectivity index (χ4n) is 2.67. The number of likely N-dealkylation sites (N-methyl/N-ethyl adjacent to an activating group) is 1. The normalized spacial score (nSPS) is 10.9. The van der Waals surface area contributed by atoms with E-state index in [2.05, 4.69) is 35.4 Å². The third-order valence-electron chi connectivity index (χ3n) is 4.21. The summed E-state index contributed by atoms with van der Waals surface area (Å²) in [6, 6.07) is 16.5. The van der Waals surface area contributed by atoms with Crippen LogP contribution in [0.15, 0.2) is 58.3 Å². The molecule has 0 spiro atoms. The number of hydrogen-bond donors (Lipinski definition) is 0. The topological polar surface area (TPSA) is 36.4 Å². The lowest BCUT2D eigenvalue weighted by molar-refractivity contribution is -0.118. The van der Waals surface area contributed by atoms with E-state index < -0.39 is 0 Å². The van der Waals surface area contributed by atoms with Gasteiger partial charge in [-0.1, -0.05) is 29.5 Å². The van der Waals surface area contributed by atoms with Crippen molar-refractivity contribution >= 4 is 68.5 Å². The van der Waals surface area contributed by atoms with Crippen LogP contribution in [0, 0.1) is 0 Å². The van der Waals surface area contributed by atoms with Crippen molar-refractivity contribution in [1.29, 1.82) is 0 Å². The van der Waals surface area contributed by atoms with E-state index in [4.69, 9.17) is 4.98 Å². The van der Waals surface area contributed by atoms with Crippen molar-refractivity contribution in [2.24, 2.45) is 0 Å². The molecular weight excluding hydrogens is 442 g/mol. The van der Waals surface area contributed by atoms with Gasteiger partial charge in [0, 0.05) is 35.1 Å². The number of rotatable bonds is 9. The molecule has 0 fully saturated rings. The van der Waals surface area contributed by atoms with Crippen LogP contribution >= 0.6 is 47.3 Å². The second-order valence-electron chi connectivity index (χ2n) is 6.59. The van der Waals surface area contributed by atoms with Crippen molar-refractivity contribution < 1.29 is 4.79 Å². The van der Waals surface area contributed by atoms with E-state index in [-0.39, 0.29) is 18.3 Å². The summed E-state index contributed by atoms with van der Waals surface area (Å²) in [7, 11) is 4.05. The monoisotopic (exact) mass is 467 g/mol. The molecule has 29 heavy (non-hydrogen) atoms. The predicted molar refractivity (Wildman–Crippen MR) is 131 cm³/mol. The van der Waals surface area contributed by atoms with E-state index in [1.807, 2.05) is 43.3 Å². The largest absolute Gasteiger partial charge is 0.308 e. The molecule has 0 bridgehead atoms. The quantitative estimate of drug-likeness (QED) is 0.387. The zero-order chi connectivity index (χ0) is 19.9. The van der Waals surface area contributed by atoms with E-state index in [0.717, 1.165) is 27.6 Å². The van der Waals surface area contributed by atoms with Crippen molar-refractivity contribution in [3.8, 4) is 0 Å². The number of halogens is 1. The minimum atomic E-state index is 0. The number of aromatic nitrogens is 1. The van der Waals surface area contributed by atoms with Gasteiger partial charge in [-0.15, -0.1) is 35.9 Å². The molecule has 1 amide bonds. The number of thioether (sulfide) groups is 2. The van der Waals surface area contributed by atoms with E-state index in [1.165, 1.54) is 9.79 Å². The highest BCUT2D eigenvalue weighted by Gasteiger charge is 2.20. The number of anilines is 1. The van der Waals surface area contributed by atoms with Gasteiger partial charge in [0.25, 0.3) is 0 Å². The van der Waals surface area contributed by atoms with Crippen molar-refractivity contribution in [1.82, 2.24) is 9.88 Å². The maximum absolute atomic E-state index is 13.0. The Morgan fingerprint density at radius 1 is 1.07 bits per heavy atom. The summed E-state index contributed by atoms with van der Waals surface area (Å²) in [4.78, 5) is 24.1. The number of fused-ring (bicyclic) bond motifs is 1. The van der Waals surface area contributed by atoms with Crippen LogP contribution in [0.2, 0.25) is 0 Å². The molecule has 8 heteroatoms. The Morgan fingerprint density at radius 2 is 1.83 bits per heavy atom. The molecule has 1 aromatic heterocycles. The van der Waals surface area contributed by atoms with Gasteiger partial charge in [-0.25, -0.2) is 4.98 Å². The number of carbonyl (C=O) groups excluding carboxylic acids is 1. The third-order valence-corrected chi connectivity index (χ3v) is 7.00. The molecule has 0 saturated carbocycles. The maximum Gasteiger partial charge on any atom is 0.229 e. The Labute approximate surface area is 191 Å². The maximum atomic E-state index is 13.0. The Kier molecular flexibility index (Phi) is 9.79. The highest BCUT2D eigenvalue weighted by atomic mass is 35.5. The molecule has 2 aromatic carbocycles. The second kappa shape index (κ2) is 11.8. The lowest BCUT2D eigenvalue weighted by Gasteiger charge is -2.22. The van der Waals surface area contributed by atoms with Crippen molar-refractivity contribution in [3.05, 3.63) is 48.5 Å². The van der Waals surface area contributed by atoms with Gasteiger partial charge in [-0.3, -0.25) is 9.69 Å². The molecule has 0 N–H and O–H groups in total. The fraction of sp³-hybridized carbons (Fsp3) is 0.333. The summed E-state index contributed by atoms with van der Waals surface area (Å²) in [5.41, 5.74) is 0.958. The second-order valence-corrected chi connectivity index (χ2v) is 9.65. The molecule has 3 aromatic rings. The first kappa shape index (κ1) is 24.0. The summed E-state index contributed by atoms with van der Waals surface area (Å²) >= 11 is 5.04. The molecule has 0 radical (unpaired) electrons. The lowest BCUT2D eigenvalue weighted by Crippen LogP contribution is -2.36. The van der Waals surface area contributed by atoms with Crippen LogP contribution in [0.3, 0.4) is 0 Å². The summed E-state index contributed by atoms with van der Waals surface area (Å²) in [5.74, 6) is 0.900. The third kappa shape index (κ3) is 6.89. The minimum absolute atomic E-state index is 0. The van der Waals surface area contributed by atoms with Crippen molar-refractivity contribution in [3.63, 3.8) is 0 Å². The zero-order valence-corrected chi connectivity index (χ0v) is 20.1. The Bertz CT molecular complexity index is 918. The Morgan fingerprint density at radius 3 is 2.52 bits per heavy atom. The van der Waals surface area contributed by atoms with Gasteiger partial charge >= 0.3 is 0 Å². The molecule has 0 aliphatic carbocycles. The molecular formula is C21H26ClN3OS3. The summed E-state index contributed by atoms with van der Waals surface area (Å²) in [5, 5.41) is 0.796. The fourth-order valence-corrected chi connectivity index (χ4v) is 5.09. The average molecular weight is 468 g/mol. The molecule has 0 saturated heterocycles. The van der Waals surface area contributed by atoms with E-state index in [1.54, 1.807) is 34.9 Å². The number of hydrogen-bond acceptors (Lipinski definition) is 6. The standard InChI is InChI=1S/C21H25N3OS3.ClH/c1-23(2)12-13-24(20(25)11-14-27-16-7-5-4-6-8-16)21-22-18-10-9-17(26-3)15-19(18)28-21;/h4-10,15H,11-14H2,1-3H3;1H. The molecule has 0 unspecified atom stereocenters. The van der Waals surface area contributed by atoms with Gasteiger partial charge in [-0.2, -0.15) is 0 Å². The van der Waals surface area contributed by atoms with Gasteiger partial charge in [0.15, 0.2) is 5.13 Å². The molecule has 3 rings (SSSR count). The number of carbonyl (C=O) groups is 1. The van der Waals surface area contributed by atoms with Crippen LogP contribution in [0.1, 0.15) is 6.42 Å². The van der Waals surface area contributed by atoms with Crippen LogP contribution in [0.4, 0.5) is 5.13 Å². The number of thiazole rings is 1. The van der Waals surface area contributed by atoms with Gasteiger partial charge in [0.05, 0.1) is 10.2 Å². The Hall–Kier alpha value is -1.25. The van der Waals surface area contributed by atoms with Crippen molar-refractivity contribution in [2.45, 2.75) is 16.2 Å². The number of amides is 1. The van der Waals surface area contributed by atoms with Crippen LogP contribution < -0.4 is 4.90 Å². The lowest BCUT2D eigenvalue weighted by atomic mass is 10.3. The SMILES string of the molecule is CSc1ccc2nc(N(CCN(C)C)C(=O)CCSc3ccccc3)sc2c1.Cl. The first-order valence-electron chi connectivity index (χ1n) is 9.14. The van der Waals surface area contributed by atoms with Gasteiger partial charge in [-0.05, 0) is 50.7 Å². The first-order chi connectivity index (χ1) is 13.6. The van der Waals surface area contributed by atoms with Crippen LogP contribution in [0.25, 0.3) is 10.2 Å². The van der Waals surface area contributed by atoms with E-state index in [0.29, 0.717) is 13.0 Å². The molecule has 0 atom stereocenters. The van der Waals surface area contributed by atoms with E-state index in [9.17, 15) is 4.79 Å². The summed E-state index contributed by atoms with van der Waals surface area (Å²) < 4.78 is 1.13. The summed E-state index contributed by atoms with van der Waals surface area (Å²) in [6.45, 7) is 1.46. The van der Waals surface area contributed by atoms with Gasteiger partial charge in [0.1, 0.15) is 0 Å². The smallest absolute Gasteiger partial charge is 0.229 e. The highest BCUT2D eigenvalue weighted by Crippen LogP contribution is 2.32. The highest BCUT2D eigenvalue weighted by molar-refractivity contribution is 7.99. The number of benzene rings is 2. The Balaban J connectivity index is 0.00000300. The molecule has 0 aliphatic heterocycles. The predicted octanol–water partition coefficient (Wildman–Crippen LogP) is 5.52. The minimum Gasteiger partial charge on any atom is -0.308 e.